The predicted octanol–water partition coefficient (Wildman–Crippen LogP) is 3.41. The molecule has 0 N–H and O–H groups in total. The number of nitrogens with zero attached hydrogens (tertiary/aromatic N) is 3. The maximum atomic E-state index is 9.07. The van der Waals surface area contributed by atoms with Gasteiger partial charge < -0.3 is 4.40 Å². The van der Waals surface area contributed by atoms with Crippen LogP contribution in [-0.4, -0.2) is 9.38 Å². The van der Waals surface area contributed by atoms with E-state index in [0.29, 0.717) is 5.56 Å². The van der Waals surface area contributed by atoms with Crippen molar-refractivity contribution in [3.05, 3.63) is 70.7 Å². The summed E-state index contributed by atoms with van der Waals surface area (Å²) in [6, 6.07) is 14.4. The van der Waals surface area contributed by atoms with Crippen molar-refractivity contribution >= 4 is 5.65 Å². The first-order valence-corrected chi connectivity index (χ1v) is 6.60. The minimum absolute atomic E-state index is 0.692. The van der Waals surface area contributed by atoms with Crippen LogP contribution in [-0.2, 0) is 6.42 Å². The zero-order valence-electron chi connectivity index (χ0n) is 11.6. The molecule has 0 bridgehead atoms. The van der Waals surface area contributed by atoms with Crippen molar-refractivity contribution in [2.24, 2.45) is 0 Å². The predicted molar refractivity (Wildman–Crippen MR) is 78.6 cm³/mol. The molecule has 3 nitrogen and oxygen atoms in total. The average molecular weight is 261 g/mol. The average Bonchev–Trinajstić information content (AvgIpc) is 2.83. The number of nitriles is 1. The number of pyridine rings is 1. The van der Waals surface area contributed by atoms with Crippen molar-refractivity contribution < 1.29 is 0 Å². The molecule has 0 saturated heterocycles. The van der Waals surface area contributed by atoms with Gasteiger partial charge in [0.2, 0.25) is 0 Å². The van der Waals surface area contributed by atoms with E-state index < -0.39 is 0 Å². The van der Waals surface area contributed by atoms with Gasteiger partial charge in [0.25, 0.3) is 0 Å². The van der Waals surface area contributed by atoms with Gasteiger partial charge in [-0.05, 0) is 31.5 Å². The summed E-state index contributed by atoms with van der Waals surface area (Å²) in [6.07, 6.45) is 2.83. The Morgan fingerprint density at radius 2 is 2.05 bits per heavy atom. The van der Waals surface area contributed by atoms with Gasteiger partial charge in [-0.2, -0.15) is 5.26 Å². The summed E-state index contributed by atoms with van der Waals surface area (Å²) in [6.45, 7) is 4.04. The SMILES string of the molecule is Cc1cccc(Cc2cn3c(C)c(C#N)ccc3n2)c1. The van der Waals surface area contributed by atoms with Crippen LogP contribution in [0, 0.1) is 25.2 Å². The zero-order valence-corrected chi connectivity index (χ0v) is 11.6. The number of hydrogen-bond donors (Lipinski definition) is 0. The van der Waals surface area contributed by atoms with Crippen LogP contribution >= 0.6 is 0 Å². The Balaban J connectivity index is 2.02. The Hall–Kier alpha value is -2.60. The molecule has 2 aromatic heterocycles. The number of hydrogen-bond acceptors (Lipinski definition) is 2. The van der Waals surface area contributed by atoms with Crippen molar-refractivity contribution in [1.82, 2.24) is 9.38 Å². The molecular formula is C17H15N3. The monoisotopic (exact) mass is 261 g/mol. The lowest BCUT2D eigenvalue weighted by molar-refractivity contribution is 1.07. The van der Waals surface area contributed by atoms with Crippen LogP contribution in [0.2, 0.25) is 0 Å². The molecule has 0 saturated carbocycles. The highest BCUT2D eigenvalue weighted by atomic mass is 15.0. The molecule has 3 rings (SSSR count). The number of rotatable bonds is 2. The van der Waals surface area contributed by atoms with Gasteiger partial charge in [-0.25, -0.2) is 4.98 Å². The highest BCUT2D eigenvalue weighted by molar-refractivity contribution is 5.48. The molecule has 0 aliphatic heterocycles. The van der Waals surface area contributed by atoms with Crippen molar-refractivity contribution in [3.63, 3.8) is 0 Å². The molecule has 0 unspecified atom stereocenters. The standard InChI is InChI=1S/C17H15N3/c1-12-4-3-5-14(8-12)9-16-11-20-13(2)15(10-18)6-7-17(20)19-16/h3-8,11H,9H2,1-2H3. The van der Waals surface area contributed by atoms with Gasteiger partial charge in [-0.3, -0.25) is 0 Å². The number of fused-ring (bicyclic) bond motifs is 1. The third kappa shape index (κ3) is 2.17. The topological polar surface area (TPSA) is 41.1 Å². The fraction of sp³-hybridized carbons (Fsp3) is 0.176. The molecule has 0 radical (unpaired) electrons. The van der Waals surface area contributed by atoms with Gasteiger partial charge in [-0.1, -0.05) is 29.8 Å². The number of imidazole rings is 1. The first-order chi connectivity index (χ1) is 9.67. The Labute approximate surface area is 118 Å². The molecule has 3 aromatic rings. The van der Waals surface area contributed by atoms with E-state index in [4.69, 9.17) is 5.26 Å². The van der Waals surface area contributed by atoms with E-state index in [9.17, 15) is 0 Å². The van der Waals surface area contributed by atoms with E-state index in [-0.39, 0.29) is 0 Å². The summed E-state index contributed by atoms with van der Waals surface area (Å²) in [5, 5.41) is 9.07. The molecule has 3 heteroatoms. The lowest BCUT2D eigenvalue weighted by Crippen LogP contribution is -1.93. The lowest BCUT2D eigenvalue weighted by Gasteiger charge is -2.00. The highest BCUT2D eigenvalue weighted by Gasteiger charge is 2.07. The molecule has 0 aliphatic rings. The van der Waals surface area contributed by atoms with Crippen LogP contribution in [0.1, 0.15) is 28.1 Å². The quantitative estimate of drug-likeness (QED) is 0.709. The van der Waals surface area contributed by atoms with E-state index in [1.54, 1.807) is 0 Å². The Morgan fingerprint density at radius 3 is 2.80 bits per heavy atom. The third-order valence-electron chi connectivity index (χ3n) is 3.52. The molecular weight excluding hydrogens is 246 g/mol. The van der Waals surface area contributed by atoms with Gasteiger partial charge in [0.05, 0.1) is 11.3 Å². The molecule has 0 spiro atoms. The molecule has 20 heavy (non-hydrogen) atoms. The minimum Gasteiger partial charge on any atom is -0.303 e. The van der Waals surface area contributed by atoms with Crippen LogP contribution < -0.4 is 0 Å². The largest absolute Gasteiger partial charge is 0.303 e. The Bertz CT molecular complexity index is 822. The zero-order chi connectivity index (χ0) is 14.1. The molecule has 98 valence electrons. The first kappa shape index (κ1) is 12.4. The molecule has 0 aliphatic carbocycles. The summed E-state index contributed by atoms with van der Waals surface area (Å²) in [5.41, 5.74) is 6.06. The normalized spacial score (nSPS) is 10.7. The van der Waals surface area contributed by atoms with Gasteiger partial charge in [0.15, 0.2) is 0 Å². The third-order valence-corrected chi connectivity index (χ3v) is 3.52. The fourth-order valence-corrected chi connectivity index (χ4v) is 2.47. The summed E-state index contributed by atoms with van der Waals surface area (Å²) >= 11 is 0. The highest BCUT2D eigenvalue weighted by Crippen LogP contribution is 2.15. The number of aryl methyl sites for hydroxylation is 2. The maximum Gasteiger partial charge on any atom is 0.137 e. The maximum absolute atomic E-state index is 9.07. The summed E-state index contributed by atoms with van der Waals surface area (Å²) < 4.78 is 1.99. The van der Waals surface area contributed by atoms with Crippen LogP contribution in [0.4, 0.5) is 0 Å². The summed E-state index contributed by atoms with van der Waals surface area (Å²) in [5.74, 6) is 0. The first-order valence-electron chi connectivity index (χ1n) is 6.60. The van der Waals surface area contributed by atoms with Crippen molar-refractivity contribution in [3.8, 4) is 6.07 Å². The second-order valence-electron chi connectivity index (χ2n) is 5.07. The molecule has 2 heterocycles. The van der Waals surface area contributed by atoms with Crippen LogP contribution in [0.5, 0.6) is 0 Å². The summed E-state index contributed by atoms with van der Waals surface area (Å²) in [7, 11) is 0. The number of aromatic nitrogens is 2. The van der Waals surface area contributed by atoms with Crippen LogP contribution in [0.15, 0.2) is 42.6 Å². The van der Waals surface area contributed by atoms with Crippen LogP contribution in [0.25, 0.3) is 5.65 Å². The molecule has 0 atom stereocenters. The lowest BCUT2D eigenvalue weighted by atomic mass is 10.1. The van der Waals surface area contributed by atoms with Crippen LogP contribution in [0.3, 0.4) is 0 Å². The second-order valence-corrected chi connectivity index (χ2v) is 5.07. The molecule has 0 amide bonds. The minimum atomic E-state index is 0.692. The van der Waals surface area contributed by atoms with E-state index in [2.05, 4.69) is 42.2 Å². The van der Waals surface area contributed by atoms with Gasteiger partial charge >= 0.3 is 0 Å². The Morgan fingerprint density at radius 1 is 1.20 bits per heavy atom. The van der Waals surface area contributed by atoms with Crippen molar-refractivity contribution in [2.75, 3.05) is 0 Å². The van der Waals surface area contributed by atoms with Crippen molar-refractivity contribution in [2.45, 2.75) is 20.3 Å². The van der Waals surface area contributed by atoms with Crippen molar-refractivity contribution in [1.29, 1.82) is 5.26 Å². The smallest absolute Gasteiger partial charge is 0.137 e. The second kappa shape index (κ2) is 4.82. The van der Waals surface area contributed by atoms with Gasteiger partial charge in [0, 0.05) is 18.3 Å². The molecule has 0 fully saturated rings. The van der Waals surface area contributed by atoms with E-state index in [0.717, 1.165) is 23.5 Å². The van der Waals surface area contributed by atoms with Gasteiger partial charge in [-0.15, -0.1) is 0 Å². The molecule has 1 aromatic carbocycles. The van der Waals surface area contributed by atoms with E-state index in [1.807, 2.05) is 29.7 Å². The van der Waals surface area contributed by atoms with E-state index in [1.165, 1.54) is 11.1 Å². The van der Waals surface area contributed by atoms with Gasteiger partial charge in [0.1, 0.15) is 11.7 Å². The van der Waals surface area contributed by atoms with E-state index >= 15 is 0 Å². The fourth-order valence-electron chi connectivity index (χ4n) is 2.47. The summed E-state index contributed by atoms with van der Waals surface area (Å²) in [4.78, 5) is 4.63. The number of benzene rings is 1. The Kier molecular flexibility index (Phi) is 3.00.